The molecule has 1 N–H and O–H groups in total. The van der Waals surface area contributed by atoms with E-state index in [1.54, 1.807) is 6.92 Å². The summed E-state index contributed by atoms with van der Waals surface area (Å²) in [5.41, 5.74) is 2.40. The third-order valence-electron chi connectivity index (χ3n) is 3.01. The van der Waals surface area contributed by atoms with Gasteiger partial charge in [0.05, 0.1) is 0 Å². The van der Waals surface area contributed by atoms with Crippen molar-refractivity contribution in [1.29, 1.82) is 0 Å². The average molecular weight is 284 g/mol. The summed E-state index contributed by atoms with van der Waals surface area (Å²) < 4.78 is 5.18. The van der Waals surface area contributed by atoms with E-state index in [-0.39, 0.29) is 23.8 Å². The smallest absolute Gasteiger partial charge is 0.336 e. The first-order valence-electron chi connectivity index (χ1n) is 5.80. The highest BCUT2D eigenvalue weighted by atomic mass is 35.5. The predicted octanol–water partition coefficient (Wildman–Crippen LogP) is 2.60. The first-order chi connectivity index (χ1) is 8.40. The van der Waals surface area contributed by atoms with Gasteiger partial charge in [0.2, 0.25) is 0 Å². The Morgan fingerprint density at radius 2 is 1.89 bits per heavy atom. The van der Waals surface area contributed by atoms with Crippen LogP contribution in [0.5, 0.6) is 5.75 Å². The van der Waals surface area contributed by atoms with Gasteiger partial charge < -0.3 is 14.4 Å². The van der Waals surface area contributed by atoms with Gasteiger partial charge in [-0.2, -0.15) is 0 Å². The minimum atomic E-state index is -0.386. The van der Waals surface area contributed by atoms with Gasteiger partial charge in [-0.05, 0) is 39.6 Å². The summed E-state index contributed by atoms with van der Waals surface area (Å²) in [5, 5.41) is 11.0. The summed E-state index contributed by atoms with van der Waals surface area (Å²) in [4.78, 5) is 13.4. The van der Waals surface area contributed by atoms with Gasteiger partial charge in [-0.1, -0.05) is 0 Å². The van der Waals surface area contributed by atoms with Gasteiger partial charge in [-0.25, -0.2) is 4.79 Å². The van der Waals surface area contributed by atoms with Crippen molar-refractivity contribution in [3.63, 3.8) is 0 Å². The number of hydrogen-bond acceptors (Lipinski definition) is 4. The number of rotatable bonds is 2. The molecule has 1 heterocycles. The molecule has 0 fully saturated rings. The van der Waals surface area contributed by atoms with Crippen LogP contribution in [0.4, 0.5) is 0 Å². The number of halogens is 1. The van der Waals surface area contributed by atoms with Crippen molar-refractivity contribution < 1.29 is 9.52 Å². The normalized spacial score (nSPS) is 10.8. The molecule has 0 aliphatic carbocycles. The van der Waals surface area contributed by atoms with Gasteiger partial charge in [0.1, 0.15) is 11.3 Å². The van der Waals surface area contributed by atoms with E-state index in [2.05, 4.69) is 0 Å². The van der Waals surface area contributed by atoms with Crippen LogP contribution in [0.3, 0.4) is 0 Å². The van der Waals surface area contributed by atoms with E-state index < -0.39 is 0 Å². The zero-order chi connectivity index (χ0) is 13.4. The van der Waals surface area contributed by atoms with E-state index >= 15 is 0 Å². The molecule has 0 radical (unpaired) electrons. The maximum atomic E-state index is 11.4. The van der Waals surface area contributed by atoms with Gasteiger partial charge in [0.25, 0.3) is 0 Å². The highest BCUT2D eigenvalue weighted by molar-refractivity contribution is 5.86. The molecule has 1 aromatic heterocycles. The summed E-state index contributed by atoms with van der Waals surface area (Å²) in [5.74, 6) is 0.199. The van der Waals surface area contributed by atoms with Crippen LogP contribution < -0.4 is 5.63 Å². The maximum Gasteiger partial charge on any atom is 0.336 e. The van der Waals surface area contributed by atoms with E-state index in [0.717, 1.165) is 16.5 Å². The molecular weight excluding hydrogens is 266 g/mol. The van der Waals surface area contributed by atoms with Crippen molar-refractivity contribution in [1.82, 2.24) is 4.90 Å². The number of phenolic OH excluding ortho intramolecular Hbond substituents is 1. The number of hydrogen-bond donors (Lipinski definition) is 1. The van der Waals surface area contributed by atoms with Crippen LogP contribution >= 0.6 is 12.4 Å². The summed E-state index contributed by atoms with van der Waals surface area (Å²) >= 11 is 0. The summed E-state index contributed by atoms with van der Waals surface area (Å²) in [7, 11) is 3.88. The molecule has 0 saturated carbocycles. The molecule has 0 unspecified atom stereocenters. The van der Waals surface area contributed by atoms with Crippen molar-refractivity contribution >= 4 is 23.4 Å². The van der Waals surface area contributed by atoms with E-state index in [1.807, 2.05) is 32.0 Å². The van der Waals surface area contributed by atoms with Gasteiger partial charge in [0.15, 0.2) is 0 Å². The molecule has 19 heavy (non-hydrogen) atoms. The topological polar surface area (TPSA) is 53.7 Å². The van der Waals surface area contributed by atoms with Crippen LogP contribution in [0.2, 0.25) is 0 Å². The summed E-state index contributed by atoms with van der Waals surface area (Å²) in [6.07, 6.45) is 0. The molecule has 1 aromatic carbocycles. The second-order valence-corrected chi connectivity index (χ2v) is 4.87. The monoisotopic (exact) mass is 283 g/mol. The van der Waals surface area contributed by atoms with Gasteiger partial charge in [0, 0.05) is 29.1 Å². The second-order valence-electron chi connectivity index (χ2n) is 4.87. The average Bonchev–Trinajstić information content (AvgIpc) is 2.26. The Bertz CT molecular complexity index is 662. The number of benzene rings is 1. The quantitative estimate of drug-likeness (QED) is 0.861. The molecule has 0 bridgehead atoms. The molecule has 4 nitrogen and oxygen atoms in total. The van der Waals surface area contributed by atoms with Gasteiger partial charge in [-0.3, -0.25) is 0 Å². The zero-order valence-corrected chi connectivity index (χ0v) is 12.3. The molecule has 5 heteroatoms. The van der Waals surface area contributed by atoms with Crippen LogP contribution in [0.1, 0.15) is 16.7 Å². The molecule has 0 atom stereocenters. The van der Waals surface area contributed by atoms with E-state index in [1.165, 1.54) is 6.07 Å². The van der Waals surface area contributed by atoms with Crippen LogP contribution in [-0.4, -0.2) is 24.1 Å². The van der Waals surface area contributed by atoms with Crippen LogP contribution in [0, 0.1) is 13.8 Å². The van der Waals surface area contributed by atoms with Crippen molar-refractivity contribution in [3.8, 4) is 5.75 Å². The maximum absolute atomic E-state index is 11.4. The molecule has 0 spiro atoms. The molecule has 2 rings (SSSR count). The zero-order valence-electron chi connectivity index (χ0n) is 11.5. The largest absolute Gasteiger partial charge is 0.507 e. The Kier molecular flexibility index (Phi) is 4.61. The molecule has 0 aliphatic heterocycles. The molecule has 0 amide bonds. The minimum absolute atomic E-state index is 0. The molecule has 0 saturated heterocycles. The highest BCUT2D eigenvalue weighted by Gasteiger charge is 2.13. The molecule has 104 valence electrons. The lowest BCUT2D eigenvalue weighted by Gasteiger charge is -2.14. The lowest BCUT2D eigenvalue weighted by atomic mass is 10.0. The first kappa shape index (κ1) is 15.5. The van der Waals surface area contributed by atoms with Crippen LogP contribution in [-0.2, 0) is 6.54 Å². The molecule has 0 aliphatic rings. The fraction of sp³-hybridized carbons (Fsp3) is 0.357. The standard InChI is InChI=1S/C14H17NO3.ClH/c1-8-5-12(16)18-14-9(2)13(17)10(6-11(8)14)7-15(3)4;/h5-6,17H,7H2,1-4H3;1H. The SMILES string of the molecule is Cc1cc(=O)oc2c(C)c(O)c(CN(C)C)cc12.Cl. The Labute approximate surface area is 118 Å². The number of phenols is 1. The fourth-order valence-corrected chi connectivity index (χ4v) is 2.13. The van der Waals surface area contributed by atoms with Crippen LogP contribution in [0.15, 0.2) is 21.3 Å². The third-order valence-corrected chi connectivity index (χ3v) is 3.01. The highest BCUT2D eigenvalue weighted by Crippen LogP contribution is 2.31. The number of aromatic hydroxyl groups is 1. The third kappa shape index (κ3) is 2.91. The second kappa shape index (κ2) is 5.63. The van der Waals surface area contributed by atoms with Crippen molar-refractivity contribution in [2.75, 3.05) is 14.1 Å². The van der Waals surface area contributed by atoms with Crippen molar-refractivity contribution in [3.05, 3.63) is 39.2 Å². The number of aryl methyl sites for hydroxylation is 2. The van der Waals surface area contributed by atoms with E-state index in [0.29, 0.717) is 17.7 Å². The first-order valence-corrected chi connectivity index (χ1v) is 5.80. The fourth-order valence-electron chi connectivity index (χ4n) is 2.13. The molecular formula is C14H18ClNO3. The van der Waals surface area contributed by atoms with E-state index in [9.17, 15) is 9.90 Å². The molecule has 2 aromatic rings. The number of nitrogens with zero attached hydrogens (tertiary/aromatic N) is 1. The predicted molar refractivity (Wildman–Crippen MR) is 78.3 cm³/mol. The number of fused-ring (bicyclic) bond motifs is 1. The summed E-state index contributed by atoms with van der Waals surface area (Å²) in [6.45, 7) is 4.27. The van der Waals surface area contributed by atoms with Crippen LogP contribution in [0.25, 0.3) is 11.0 Å². The van der Waals surface area contributed by atoms with Gasteiger partial charge >= 0.3 is 5.63 Å². The Hall–Kier alpha value is -1.52. The Morgan fingerprint density at radius 1 is 1.26 bits per heavy atom. The Balaban J connectivity index is 0.00000180. The summed E-state index contributed by atoms with van der Waals surface area (Å²) in [6, 6.07) is 3.36. The minimum Gasteiger partial charge on any atom is -0.507 e. The lowest BCUT2D eigenvalue weighted by molar-refractivity contribution is 0.385. The van der Waals surface area contributed by atoms with Crippen molar-refractivity contribution in [2.24, 2.45) is 0 Å². The van der Waals surface area contributed by atoms with E-state index in [4.69, 9.17) is 4.42 Å². The Morgan fingerprint density at radius 3 is 2.47 bits per heavy atom. The van der Waals surface area contributed by atoms with Gasteiger partial charge in [-0.15, -0.1) is 12.4 Å². The lowest BCUT2D eigenvalue weighted by Crippen LogP contribution is -2.11. The van der Waals surface area contributed by atoms with Crippen molar-refractivity contribution in [2.45, 2.75) is 20.4 Å².